The highest BCUT2D eigenvalue weighted by molar-refractivity contribution is 5.84. The fourth-order valence-electron chi connectivity index (χ4n) is 6.71. The summed E-state index contributed by atoms with van der Waals surface area (Å²) in [6, 6.07) is 0.0506. The highest BCUT2D eigenvalue weighted by Gasteiger charge is 2.51. The van der Waals surface area contributed by atoms with Gasteiger partial charge in [0.25, 0.3) is 0 Å². The summed E-state index contributed by atoms with van der Waals surface area (Å²) in [5.74, 6) is 0.473. The first kappa shape index (κ1) is 30.1. The van der Waals surface area contributed by atoms with Crippen LogP contribution in [-0.2, 0) is 11.2 Å². The highest BCUT2D eigenvalue weighted by atomic mass is 16.2. The Morgan fingerprint density at radius 2 is 1.82 bits per heavy atom. The molecule has 3 rings (SSSR count). The lowest BCUT2D eigenvalue weighted by Gasteiger charge is -2.53. The van der Waals surface area contributed by atoms with Crippen LogP contribution in [-0.4, -0.2) is 58.9 Å². The fourth-order valence-corrected chi connectivity index (χ4v) is 6.71. The molecule has 210 valence electrons. The van der Waals surface area contributed by atoms with Gasteiger partial charge in [0.15, 0.2) is 0 Å². The van der Waals surface area contributed by atoms with E-state index in [1.54, 1.807) is 6.08 Å². The van der Waals surface area contributed by atoms with Gasteiger partial charge in [-0.05, 0) is 89.0 Å². The first-order valence-corrected chi connectivity index (χ1v) is 14.8. The molecule has 2 fully saturated rings. The molecule has 5 nitrogen and oxygen atoms in total. The lowest BCUT2D eigenvalue weighted by atomic mass is 9.51. The average molecular weight is 522 g/mol. The minimum absolute atomic E-state index is 0.0393. The van der Waals surface area contributed by atoms with Crippen LogP contribution in [0.4, 0.5) is 0 Å². The second kappa shape index (κ2) is 12.6. The van der Waals surface area contributed by atoms with Crippen molar-refractivity contribution in [3.05, 3.63) is 60.0 Å². The maximum absolute atomic E-state index is 13.6. The molecule has 0 saturated heterocycles. The number of allylic oxidation sites excluding steroid dienone is 3. The number of hydrogen-bond acceptors (Lipinski definition) is 3. The predicted octanol–water partition coefficient (Wildman–Crippen LogP) is 6.79. The number of aromatic nitrogens is 1. The Kier molecular flexibility index (Phi) is 10.0. The van der Waals surface area contributed by atoms with Crippen LogP contribution in [0.5, 0.6) is 0 Å². The molecule has 2 aliphatic carbocycles. The third-order valence-corrected chi connectivity index (χ3v) is 9.53. The molecule has 0 radical (unpaired) electrons. The van der Waals surface area contributed by atoms with Gasteiger partial charge in [0.1, 0.15) is 0 Å². The Morgan fingerprint density at radius 1 is 1.18 bits per heavy atom. The summed E-state index contributed by atoms with van der Waals surface area (Å²) in [5, 5.41) is 0. The molecule has 1 heterocycles. The van der Waals surface area contributed by atoms with Gasteiger partial charge < -0.3 is 4.90 Å². The summed E-state index contributed by atoms with van der Waals surface area (Å²) in [7, 11) is 2.07. The van der Waals surface area contributed by atoms with Gasteiger partial charge in [-0.25, -0.2) is 0 Å². The van der Waals surface area contributed by atoms with Crippen LogP contribution in [0.1, 0.15) is 94.3 Å². The van der Waals surface area contributed by atoms with Gasteiger partial charge >= 0.3 is 0 Å². The summed E-state index contributed by atoms with van der Waals surface area (Å²) in [6.45, 7) is 23.1. The molecule has 2 aliphatic rings. The van der Waals surface area contributed by atoms with Crippen molar-refractivity contribution in [3.63, 3.8) is 0 Å². The molecule has 1 unspecified atom stereocenters. The summed E-state index contributed by atoms with van der Waals surface area (Å²) in [6.07, 6.45) is 14.9. The van der Waals surface area contributed by atoms with E-state index < -0.39 is 0 Å². The maximum atomic E-state index is 13.6. The molecule has 0 bridgehead atoms. The van der Waals surface area contributed by atoms with E-state index in [1.165, 1.54) is 30.4 Å². The highest BCUT2D eigenvalue weighted by Crippen LogP contribution is 2.59. The average Bonchev–Trinajstić information content (AvgIpc) is 3.18. The van der Waals surface area contributed by atoms with Crippen LogP contribution in [0.25, 0.3) is 0 Å². The standard InChI is InChI=1S/C33H51N3O2/c1-10-14-16-29(24(6)25(7)34(9)21-23(5)31(37)35(12-3)13-4)30-26(8)36(22-27(30)11-2)32(38)28-19-33(20-28)17-15-18-33/h10,14,16,22-23,25,28-29H,1,6,11-13,15,17-21H2,2-5,7-9H3/t23-,25-,29?/m1/s1. The molecular formula is C33H51N3O2. The first-order chi connectivity index (χ1) is 18.0. The van der Waals surface area contributed by atoms with Crippen molar-refractivity contribution in [2.24, 2.45) is 17.3 Å². The van der Waals surface area contributed by atoms with E-state index >= 15 is 0 Å². The van der Waals surface area contributed by atoms with Crippen LogP contribution >= 0.6 is 0 Å². The summed E-state index contributed by atoms with van der Waals surface area (Å²) < 4.78 is 1.94. The molecule has 38 heavy (non-hydrogen) atoms. The molecule has 1 aromatic rings. The van der Waals surface area contributed by atoms with E-state index in [2.05, 4.69) is 58.1 Å². The lowest BCUT2D eigenvalue weighted by Crippen LogP contribution is -2.46. The van der Waals surface area contributed by atoms with Crippen molar-refractivity contribution >= 4 is 11.8 Å². The van der Waals surface area contributed by atoms with Crippen LogP contribution in [0.3, 0.4) is 0 Å². The van der Waals surface area contributed by atoms with E-state index in [0.29, 0.717) is 12.0 Å². The lowest BCUT2D eigenvalue weighted by molar-refractivity contribution is -0.135. The Bertz CT molecular complexity index is 1050. The smallest absolute Gasteiger partial charge is 0.233 e. The minimum Gasteiger partial charge on any atom is -0.343 e. The third kappa shape index (κ3) is 5.93. The number of nitrogens with zero attached hydrogens (tertiary/aromatic N) is 3. The van der Waals surface area contributed by atoms with Gasteiger partial charge in [0.05, 0.1) is 0 Å². The molecule has 0 aromatic carbocycles. The van der Waals surface area contributed by atoms with Crippen molar-refractivity contribution in [3.8, 4) is 0 Å². The van der Waals surface area contributed by atoms with Gasteiger partial charge in [0.2, 0.25) is 11.8 Å². The van der Waals surface area contributed by atoms with Gasteiger partial charge in [-0.3, -0.25) is 19.1 Å². The number of amides is 1. The van der Waals surface area contributed by atoms with Crippen LogP contribution in [0.2, 0.25) is 0 Å². The predicted molar refractivity (Wildman–Crippen MR) is 159 cm³/mol. The number of hydrogen-bond donors (Lipinski definition) is 0. The maximum Gasteiger partial charge on any atom is 0.233 e. The SMILES string of the molecule is C=CC=CC(C(=C)[C@@H](C)N(C)C[C@@H](C)C(=O)N(CC)CC)c1c(CC)cn(C(=O)C2CC3(CCC3)C2)c1C. The third-order valence-electron chi connectivity index (χ3n) is 9.53. The Morgan fingerprint density at radius 3 is 2.32 bits per heavy atom. The zero-order valence-electron chi connectivity index (χ0n) is 25.1. The van der Waals surface area contributed by atoms with E-state index in [0.717, 1.165) is 43.6 Å². The molecule has 0 N–H and O–H groups in total. The second-order valence-corrected chi connectivity index (χ2v) is 11.9. The Labute approximate surface area is 231 Å². The number of carbonyl (C=O) groups is 2. The zero-order valence-corrected chi connectivity index (χ0v) is 25.1. The topological polar surface area (TPSA) is 45.6 Å². The molecular weight excluding hydrogens is 470 g/mol. The normalized spacial score (nSPS) is 19.2. The van der Waals surface area contributed by atoms with Gasteiger partial charge in [-0.2, -0.15) is 0 Å². The molecule has 2 saturated carbocycles. The molecule has 0 aliphatic heterocycles. The first-order valence-electron chi connectivity index (χ1n) is 14.8. The molecule has 3 atom stereocenters. The van der Waals surface area contributed by atoms with Crippen molar-refractivity contribution in [1.82, 2.24) is 14.4 Å². The number of aryl methyl sites for hydroxylation is 1. The Balaban J connectivity index is 1.83. The van der Waals surface area contributed by atoms with Crippen LogP contribution in [0.15, 0.2) is 43.2 Å². The van der Waals surface area contributed by atoms with Gasteiger partial charge in [0, 0.05) is 55.3 Å². The van der Waals surface area contributed by atoms with Crippen molar-refractivity contribution in [1.29, 1.82) is 0 Å². The largest absolute Gasteiger partial charge is 0.343 e. The van der Waals surface area contributed by atoms with Gasteiger partial charge in [-0.15, -0.1) is 0 Å². The summed E-state index contributed by atoms with van der Waals surface area (Å²) >= 11 is 0. The Hall–Kier alpha value is -2.40. The number of carbonyl (C=O) groups excluding carboxylic acids is 2. The van der Waals surface area contributed by atoms with Crippen molar-refractivity contribution in [2.75, 3.05) is 26.7 Å². The summed E-state index contributed by atoms with van der Waals surface area (Å²) in [5.41, 5.74) is 4.96. The van der Waals surface area contributed by atoms with Crippen LogP contribution in [0, 0.1) is 24.2 Å². The quantitative estimate of drug-likeness (QED) is 0.212. The van der Waals surface area contributed by atoms with Crippen molar-refractivity contribution in [2.45, 2.75) is 92.0 Å². The number of likely N-dealkylation sites (N-methyl/N-ethyl adjacent to an activating group) is 1. The van der Waals surface area contributed by atoms with E-state index in [-0.39, 0.29) is 35.6 Å². The molecule has 5 heteroatoms. The molecule has 1 spiro atoms. The van der Waals surface area contributed by atoms with E-state index in [9.17, 15) is 9.59 Å². The minimum atomic E-state index is -0.0922. The van der Waals surface area contributed by atoms with Gasteiger partial charge in [-0.1, -0.05) is 51.7 Å². The second-order valence-electron chi connectivity index (χ2n) is 11.9. The fraction of sp³-hybridized carbons (Fsp3) is 0.636. The summed E-state index contributed by atoms with van der Waals surface area (Å²) in [4.78, 5) is 30.6. The van der Waals surface area contributed by atoms with E-state index in [1.807, 2.05) is 36.3 Å². The van der Waals surface area contributed by atoms with Crippen LogP contribution < -0.4 is 0 Å². The van der Waals surface area contributed by atoms with Crippen molar-refractivity contribution < 1.29 is 9.59 Å². The zero-order chi connectivity index (χ0) is 28.2. The monoisotopic (exact) mass is 521 g/mol. The van der Waals surface area contributed by atoms with E-state index in [4.69, 9.17) is 0 Å². The molecule has 1 aromatic heterocycles. The number of rotatable bonds is 13. The molecule has 1 amide bonds.